The number of hydrogen-bond donors (Lipinski definition) is 0. The topological polar surface area (TPSA) is 22.1 Å². The zero-order valence-corrected chi connectivity index (χ0v) is 15.0. The molecule has 0 fully saturated rings. The molecular weight excluding hydrogens is 350 g/mol. The van der Waals surface area contributed by atoms with Crippen LogP contribution in [0.5, 0.6) is 11.6 Å². The standard InChI is InChI=1S/C17H19BrClNO/c1-11-5-6-15(14(7-11)17(2,3)4)21-16-12(9-19)8-13(18)10-20-16/h5-8,10H,9H2,1-4H3. The Hall–Kier alpha value is -1.06. The van der Waals surface area contributed by atoms with E-state index in [1.165, 1.54) is 5.56 Å². The normalized spacial score (nSPS) is 11.5. The van der Waals surface area contributed by atoms with Crippen LogP contribution in [-0.2, 0) is 11.3 Å². The maximum Gasteiger partial charge on any atom is 0.223 e. The molecular formula is C17H19BrClNO. The van der Waals surface area contributed by atoms with Crippen molar-refractivity contribution >= 4 is 27.5 Å². The van der Waals surface area contributed by atoms with E-state index in [1.54, 1.807) is 6.20 Å². The van der Waals surface area contributed by atoms with Crippen LogP contribution in [0, 0.1) is 6.92 Å². The molecule has 0 aliphatic rings. The van der Waals surface area contributed by atoms with Gasteiger partial charge in [-0.25, -0.2) is 4.98 Å². The van der Waals surface area contributed by atoms with E-state index in [4.69, 9.17) is 16.3 Å². The number of benzene rings is 1. The molecule has 0 amide bonds. The number of aryl methyl sites for hydroxylation is 1. The van der Waals surface area contributed by atoms with Crippen molar-refractivity contribution in [2.75, 3.05) is 0 Å². The van der Waals surface area contributed by atoms with Crippen molar-refractivity contribution in [3.63, 3.8) is 0 Å². The van der Waals surface area contributed by atoms with Gasteiger partial charge in [-0.3, -0.25) is 0 Å². The number of halogens is 2. The smallest absolute Gasteiger partial charge is 0.223 e. The Morgan fingerprint density at radius 2 is 1.95 bits per heavy atom. The third-order valence-electron chi connectivity index (χ3n) is 3.19. The maximum atomic E-state index is 6.05. The van der Waals surface area contributed by atoms with E-state index in [0.717, 1.165) is 21.3 Å². The number of hydrogen-bond acceptors (Lipinski definition) is 2. The van der Waals surface area contributed by atoms with Crippen molar-refractivity contribution in [3.05, 3.63) is 51.6 Å². The second-order valence-corrected chi connectivity index (χ2v) is 7.29. The summed E-state index contributed by atoms with van der Waals surface area (Å²) in [6, 6.07) is 8.14. The number of alkyl halides is 1. The number of aromatic nitrogens is 1. The number of ether oxygens (including phenoxy) is 1. The summed E-state index contributed by atoms with van der Waals surface area (Å²) < 4.78 is 6.95. The Morgan fingerprint density at radius 1 is 1.24 bits per heavy atom. The minimum atomic E-state index is -0.00214. The third kappa shape index (κ3) is 3.98. The van der Waals surface area contributed by atoms with Crippen LogP contribution in [0.1, 0.15) is 37.5 Å². The largest absolute Gasteiger partial charge is 0.438 e. The maximum absolute atomic E-state index is 6.05. The molecule has 2 nitrogen and oxygen atoms in total. The highest BCUT2D eigenvalue weighted by atomic mass is 79.9. The predicted molar refractivity (Wildman–Crippen MR) is 91.4 cm³/mol. The average Bonchev–Trinajstić information content (AvgIpc) is 2.41. The lowest BCUT2D eigenvalue weighted by molar-refractivity contribution is 0.436. The second kappa shape index (κ2) is 6.37. The summed E-state index contributed by atoms with van der Waals surface area (Å²) in [6.07, 6.45) is 1.72. The van der Waals surface area contributed by atoms with E-state index in [0.29, 0.717) is 11.8 Å². The molecule has 0 unspecified atom stereocenters. The number of nitrogens with zero attached hydrogens (tertiary/aromatic N) is 1. The van der Waals surface area contributed by atoms with E-state index in [-0.39, 0.29) is 5.41 Å². The number of rotatable bonds is 3. The minimum absolute atomic E-state index is 0.00214. The molecule has 0 saturated carbocycles. The lowest BCUT2D eigenvalue weighted by Gasteiger charge is -2.23. The first-order valence-corrected chi connectivity index (χ1v) is 8.13. The Balaban J connectivity index is 2.45. The fourth-order valence-electron chi connectivity index (χ4n) is 2.08. The first-order chi connectivity index (χ1) is 9.81. The molecule has 0 saturated heterocycles. The van der Waals surface area contributed by atoms with Crippen molar-refractivity contribution in [1.29, 1.82) is 0 Å². The Labute approximate surface area is 139 Å². The fraction of sp³-hybridized carbons (Fsp3) is 0.353. The van der Waals surface area contributed by atoms with Crippen molar-refractivity contribution < 1.29 is 4.74 Å². The lowest BCUT2D eigenvalue weighted by Crippen LogP contribution is -2.13. The molecule has 21 heavy (non-hydrogen) atoms. The molecule has 112 valence electrons. The average molecular weight is 369 g/mol. The van der Waals surface area contributed by atoms with Gasteiger partial charge in [-0.2, -0.15) is 0 Å². The van der Waals surface area contributed by atoms with Crippen molar-refractivity contribution in [2.24, 2.45) is 0 Å². The van der Waals surface area contributed by atoms with Gasteiger partial charge in [-0.1, -0.05) is 38.5 Å². The van der Waals surface area contributed by atoms with Gasteiger partial charge in [0.25, 0.3) is 0 Å². The molecule has 0 aliphatic carbocycles. The van der Waals surface area contributed by atoms with Crippen LogP contribution in [0.25, 0.3) is 0 Å². The summed E-state index contributed by atoms with van der Waals surface area (Å²) in [5, 5.41) is 0. The molecule has 0 N–H and O–H groups in total. The van der Waals surface area contributed by atoms with E-state index in [2.05, 4.69) is 54.7 Å². The second-order valence-electron chi connectivity index (χ2n) is 6.10. The predicted octanol–water partition coefficient (Wildman–Crippen LogP) is 5.98. The molecule has 1 heterocycles. The summed E-state index contributed by atoms with van der Waals surface area (Å²) >= 11 is 9.39. The molecule has 0 atom stereocenters. The molecule has 1 aromatic carbocycles. The molecule has 4 heteroatoms. The molecule has 2 aromatic rings. The van der Waals surface area contributed by atoms with Crippen molar-refractivity contribution in [1.82, 2.24) is 4.98 Å². The van der Waals surface area contributed by atoms with E-state index in [1.807, 2.05) is 18.2 Å². The Morgan fingerprint density at radius 3 is 2.57 bits per heavy atom. The van der Waals surface area contributed by atoms with Gasteiger partial charge in [-0.15, -0.1) is 11.6 Å². The summed E-state index contributed by atoms with van der Waals surface area (Å²) in [5.74, 6) is 1.75. The summed E-state index contributed by atoms with van der Waals surface area (Å²) in [5.41, 5.74) is 3.24. The molecule has 0 bridgehead atoms. The zero-order chi connectivity index (χ0) is 15.6. The van der Waals surface area contributed by atoms with E-state index >= 15 is 0 Å². The van der Waals surface area contributed by atoms with Gasteiger partial charge in [0.15, 0.2) is 0 Å². The van der Waals surface area contributed by atoms with Crippen LogP contribution in [0.15, 0.2) is 34.9 Å². The highest BCUT2D eigenvalue weighted by molar-refractivity contribution is 9.10. The van der Waals surface area contributed by atoms with Crippen molar-refractivity contribution in [2.45, 2.75) is 39.0 Å². The quantitative estimate of drug-likeness (QED) is 0.622. The summed E-state index contributed by atoms with van der Waals surface area (Å²) in [7, 11) is 0. The molecule has 1 aromatic heterocycles. The van der Waals surface area contributed by atoms with Gasteiger partial charge in [0.2, 0.25) is 5.88 Å². The molecule has 0 aliphatic heterocycles. The molecule has 0 spiro atoms. The summed E-state index contributed by atoms with van der Waals surface area (Å²) in [6.45, 7) is 8.60. The van der Waals surface area contributed by atoms with Gasteiger partial charge >= 0.3 is 0 Å². The van der Waals surface area contributed by atoms with Crippen molar-refractivity contribution in [3.8, 4) is 11.6 Å². The first kappa shape index (κ1) is 16.3. The van der Waals surface area contributed by atoms with E-state index in [9.17, 15) is 0 Å². The zero-order valence-electron chi connectivity index (χ0n) is 12.7. The highest BCUT2D eigenvalue weighted by Crippen LogP contribution is 2.35. The van der Waals surface area contributed by atoms with Crippen LogP contribution in [0.4, 0.5) is 0 Å². The van der Waals surface area contributed by atoms with Crippen LogP contribution < -0.4 is 4.74 Å². The van der Waals surface area contributed by atoms with Crippen LogP contribution in [-0.4, -0.2) is 4.98 Å². The Kier molecular flexibility index (Phi) is 4.95. The molecule has 0 radical (unpaired) electrons. The lowest BCUT2D eigenvalue weighted by atomic mass is 9.85. The van der Waals surface area contributed by atoms with Gasteiger partial charge in [0, 0.05) is 21.8 Å². The van der Waals surface area contributed by atoms with Crippen LogP contribution in [0.3, 0.4) is 0 Å². The van der Waals surface area contributed by atoms with Gasteiger partial charge < -0.3 is 4.74 Å². The van der Waals surface area contributed by atoms with Crippen LogP contribution in [0.2, 0.25) is 0 Å². The minimum Gasteiger partial charge on any atom is -0.438 e. The fourth-order valence-corrected chi connectivity index (χ4v) is 2.65. The van der Waals surface area contributed by atoms with Gasteiger partial charge in [-0.05, 0) is 40.4 Å². The SMILES string of the molecule is Cc1ccc(Oc2ncc(Br)cc2CCl)c(C(C)(C)C)c1. The highest BCUT2D eigenvalue weighted by Gasteiger charge is 2.20. The third-order valence-corrected chi connectivity index (χ3v) is 3.91. The first-order valence-electron chi connectivity index (χ1n) is 6.80. The van der Waals surface area contributed by atoms with E-state index < -0.39 is 0 Å². The van der Waals surface area contributed by atoms with Crippen LogP contribution >= 0.6 is 27.5 Å². The number of pyridine rings is 1. The Bertz CT molecular complexity index is 650. The van der Waals surface area contributed by atoms with Gasteiger partial charge in [0.05, 0.1) is 5.88 Å². The monoisotopic (exact) mass is 367 g/mol. The van der Waals surface area contributed by atoms with Gasteiger partial charge in [0.1, 0.15) is 5.75 Å². The molecule has 2 rings (SSSR count). The summed E-state index contributed by atoms with van der Waals surface area (Å²) in [4.78, 5) is 4.34.